The number of anilines is 1. The van der Waals surface area contributed by atoms with Crippen LogP contribution in [0.4, 0.5) is 9.39 Å². The SMILES string of the molecule is CC1(C)Cc2c(sc(NC(=O)C3CC3F)c2C(N)=O)C(C)(C)O1. The van der Waals surface area contributed by atoms with Crippen LogP contribution < -0.4 is 11.1 Å². The highest BCUT2D eigenvalue weighted by molar-refractivity contribution is 7.17. The van der Waals surface area contributed by atoms with E-state index in [1.54, 1.807) is 0 Å². The summed E-state index contributed by atoms with van der Waals surface area (Å²) >= 11 is 1.29. The van der Waals surface area contributed by atoms with E-state index in [4.69, 9.17) is 10.5 Å². The van der Waals surface area contributed by atoms with Gasteiger partial charge in [-0.25, -0.2) is 4.39 Å². The van der Waals surface area contributed by atoms with Crippen LogP contribution in [0.5, 0.6) is 0 Å². The molecule has 0 radical (unpaired) electrons. The molecule has 2 atom stereocenters. The standard InChI is InChI=1S/C16H21FN2O3S/c1-15(2)6-8-10(12(18)20)14(19-13(21)7-5-9(7)17)23-11(8)16(3,4)22-15/h7,9H,5-6H2,1-4H3,(H2,18,20)(H,19,21). The normalized spacial score (nSPS) is 27.2. The Balaban J connectivity index is 2.03. The van der Waals surface area contributed by atoms with Crippen molar-refractivity contribution in [3.05, 3.63) is 16.0 Å². The number of thiophene rings is 1. The maximum absolute atomic E-state index is 13.1. The molecule has 2 aliphatic rings. The number of primary amides is 1. The highest BCUT2D eigenvalue weighted by atomic mass is 32.1. The van der Waals surface area contributed by atoms with Crippen molar-refractivity contribution in [2.24, 2.45) is 11.7 Å². The molecule has 5 nitrogen and oxygen atoms in total. The first-order chi connectivity index (χ1) is 10.5. The van der Waals surface area contributed by atoms with E-state index in [9.17, 15) is 14.0 Å². The van der Waals surface area contributed by atoms with Crippen LogP contribution in [0.3, 0.4) is 0 Å². The highest BCUT2D eigenvalue weighted by Crippen LogP contribution is 2.48. The monoisotopic (exact) mass is 340 g/mol. The second-order valence-corrected chi connectivity index (χ2v) is 8.40. The number of carbonyl (C=O) groups excluding carboxylic acids is 2. The van der Waals surface area contributed by atoms with Gasteiger partial charge in [-0.05, 0) is 39.7 Å². The third-order valence-corrected chi connectivity index (χ3v) is 5.67. The van der Waals surface area contributed by atoms with Gasteiger partial charge >= 0.3 is 0 Å². The molecule has 3 N–H and O–H groups in total. The largest absolute Gasteiger partial charge is 0.365 e. The Labute approximate surface area is 138 Å². The van der Waals surface area contributed by atoms with E-state index in [0.717, 1.165) is 10.4 Å². The molecular weight excluding hydrogens is 319 g/mol. The number of hydrogen-bond donors (Lipinski definition) is 2. The zero-order chi connectivity index (χ0) is 17.2. The summed E-state index contributed by atoms with van der Waals surface area (Å²) in [5.41, 5.74) is 5.69. The van der Waals surface area contributed by atoms with Gasteiger partial charge in [-0.3, -0.25) is 9.59 Å². The van der Waals surface area contributed by atoms with Crippen molar-refractivity contribution >= 4 is 28.2 Å². The van der Waals surface area contributed by atoms with Crippen molar-refractivity contribution < 1.29 is 18.7 Å². The second kappa shape index (κ2) is 5.01. The predicted octanol–water partition coefficient (Wildman–Crippen LogP) is 2.73. The van der Waals surface area contributed by atoms with Crippen LogP contribution in [-0.4, -0.2) is 23.6 Å². The quantitative estimate of drug-likeness (QED) is 0.888. The van der Waals surface area contributed by atoms with Crippen molar-refractivity contribution in [1.29, 1.82) is 0 Å². The summed E-state index contributed by atoms with van der Waals surface area (Å²) in [7, 11) is 0. The summed E-state index contributed by atoms with van der Waals surface area (Å²) in [6.07, 6.45) is -0.309. The molecule has 1 aromatic heterocycles. The summed E-state index contributed by atoms with van der Waals surface area (Å²) in [4.78, 5) is 24.9. The van der Waals surface area contributed by atoms with Crippen LogP contribution >= 0.6 is 11.3 Å². The van der Waals surface area contributed by atoms with E-state index in [1.807, 2.05) is 27.7 Å². The molecule has 1 aromatic rings. The van der Waals surface area contributed by atoms with Gasteiger partial charge in [0.25, 0.3) is 5.91 Å². The Morgan fingerprint density at radius 1 is 1.35 bits per heavy atom. The topological polar surface area (TPSA) is 81.4 Å². The fourth-order valence-electron chi connectivity index (χ4n) is 3.31. The average molecular weight is 340 g/mol. The molecule has 2 amide bonds. The van der Waals surface area contributed by atoms with Crippen molar-refractivity contribution in [3.8, 4) is 0 Å². The third-order valence-electron chi connectivity index (χ3n) is 4.22. The van der Waals surface area contributed by atoms with Gasteiger partial charge in [0.15, 0.2) is 0 Å². The van der Waals surface area contributed by atoms with Gasteiger partial charge in [-0.2, -0.15) is 0 Å². The number of hydrogen-bond acceptors (Lipinski definition) is 4. The molecule has 1 aliphatic heterocycles. The number of halogens is 1. The first kappa shape index (κ1) is 16.4. The second-order valence-electron chi connectivity index (χ2n) is 7.37. The molecule has 0 aromatic carbocycles. The van der Waals surface area contributed by atoms with E-state index in [-0.39, 0.29) is 6.42 Å². The molecule has 1 fully saturated rings. The number of nitrogens with one attached hydrogen (secondary N) is 1. The fraction of sp³-hybridized carbons (Fsp3) is 0.625. The molecule has 1 saturated carbocycles. The number of carbonyl (C=O) groups is 2. The molecule has 126 valence electrons. The number of amides is 2. The van der Waals surface area contributed by atoms with Gasteiger partial charge in [0.05, 0.1) is 22.7 Å². The van der Waals surface area contributed by atoms with E-state index in [2.05, 4.69) is 5.32 Å². The average Bonchev–Trinajstić information content (AvgIpc) is 2.97. The van der Waals surface area contributed by atoms with E-state index >= 15 is 0 Å². The number of ether oxygens (including phenoxy) is 1. The number of nitrogens with two attached hydrogens (primary N) is 1. The van der Waals surface area contributed by atoms with Gasteiger partial charge in [0, 0.05) is 11.3 Å². The van der Waals surface area contributed by atoms with Crippen molar-refractivity contribution in [2.75, 3.05) is 5.32 Å². The first-order valence-electron chi connectivity index (χ1n) is 7.63. The van der Waals surface area contributed by atoms with Gasteiger partial charge in [-0.1, -0.05) is 0 Å². The number of rotatable bonds is 3. The maximum atomic E-state index is 13.1. The molecule has 0 bridgehead atoms. The molecule has 0 spiro atoms. The fourth-order valence-corrected chi connectivity index (χ4v) is 4.57. The minimum atomic E-state index is -1.08. The zero-order valence-electron chi connectivity index (χ0n) is 13.7. The Morgan fingerprint density at radius 2 is 1.96 bits per heavy atom. The van der Waals surface area contributed by atoms with Gasteiger partial charge in [-0.15, -0.1) is 11.3 Å². The van der Waals surface area contributed by atoms with Crippen molar-refractivity contribution in [3.63, 3.8) is 0 Å². The molecular formula is C16H21FN2O3S. The van der Waals surface area contributed by atoms with Crippen LogP contribution in [0.1, 0.15) is 54.9 Å². The Kier molecular flexibility index (Phi) is 3.57. The summed E-state index contributed by atoms with van der Waals surface area (Å²) in [6, 6.07) is 0. The van der Waals surface area contributed by atoms with Crippen LogP contribution in [-0.2, 0) is 21.6 Å². The summed E-state index contributed by atoms with van der Waals surface area (Å²) < 4.78 is 19.2. The van der Waals surface area contributed by atoms with E-state index < -0.39 is 35.1 Å². The lowest BCUT2D eigenvalue weighted by Gasteiger charge is -2.41. The van der Waals surface area contributed by atoms with Crippen LogP contribution in [0.25, 0.3) is 0 Å². The molecule has 23 heavy (non-hydrogen) atoms. The lowest BCUT2D eigenvalue weighted by atomic mass is 9.86. The number of fused-ring (bicyclic) bond motifs is 1. The molecule has 3 rings (SSSR count). The van der Waals surface area contributed by atoms with Gasteiger partial charge in [0.1, 0.15) is 11.2 Å². The maximum Gasteiger partial charge on any atom is 0.251 e. The predicted molar refractivity (Wildman–Crippen MR) is 86.4 cm³/mol. The van der Waals surface area contributed by atoms with E-state index in [0.29, 0.717) is 17.0 Å². The molecule has 0 saturated heterocycles. The Morgan fingerprint density at radius 3 is 2.48 bits per heavy atom. The van der Waals surface area contributed by atoms with Crippen LogP contribution in [0, 0.1) is 5.92 Å². The Bertz CT molecular complexity index is 696. The smallest absolute Gasteiger partial charge is 0.251 e. The van der Waals surface area contributed by atoms with Gasteiger partial charge in [0.2, 0.25) is 5.91 Å². The summed E-state index contributed by atoms with van der Waals surface area (Å²) in [5, 5.41) is 3.09. The summed E-state index contributed by atoms with van der Waals surface area (Å²) in [6.45, 7) is 7.77. The molecule has 7 heteroatoms. The van der Waals surface area contributed by atoms with Crippen molar-refractivity contribution in [1.82, 2.24) is 0 Å². The first-order valence-corrected chi connectivity index (χ1v) is 8.44. The third kappa shape index (κ3) is 2.87. The lowest BCUT2D eigenvalue weighted by molar-refractivity contribution is -0.135. The lowest BCUT2D eigenvalue weighted by Crippen LogP contribution is -2.42. The highest BCUT2D eigenvalue weighted by Gasteiger charge is 2.46. The minimum Gasteiger partial charge on any atom is -0.365 e. The van der Waals surface area contributed by atoms with Crippen LogP contribution in [0.15, 0.2) is 0 Å². The van der Waals surface area contributed by atoms with Gasteiger partial charge < -0.3 is 15.8 Å². The Hall–Kier alpha value is -1.47. The van der Waals surface area contributed by atoms with Crippen molar-refractivity contribution in [2.45, 2.75) is 57.9 Å². The molecule has 1 aliphatic carbocycles. The molecule has 2 unspecified atom stereocenters. The molecule has 2 heterocycles. The zero-order valence-corrected chi connectivity index (χ0v) is 14.5. The van der Waals surface area contributed by atoms with Crippen LogP contribution in [0.2, 0.25) is 0 Å². The number of alkyl halides is 1. The summed E-state index contributed by atoms with van der Waals surface area (Å²) in [5.74, 6) is -1.59. The van der Waals surface area contributed by atoms with E-state index in [1.165, 1.54) is 11.3 Å². The minimum absolute atomic E-state index is 0.241.